The highest BCUT2D eigenvalue weighted by molar-refractivity contribution is 7.99. The van der Waals surface area contributed by atoms with Crippen LogP contribution >= 0.6 is 11.8 Å². The van der Waals surface area contributed by atoms with E-state index in [2.05, 4.69) is 30.1 Å². The molecule has 1 unspecified atom stereocenters. The van der Waals surface area contributed by atoms with E-state index in [4.69, 9.17) is 0 Å². The zero-order valence-corrected chi connectivity index (χ0v) is 19.0. The summed E-state index contributed by atoms with van der Waals surface area (Å²) in [5.41, 5.74) is 3.74. The third-order valence-electron chi connectivity index (χ3n) is 6.03. The van der Waals surface area contributed by atoms with Gasteiger partial charge in [-0.15, -0.1) is 0 Å². The molecule has 0 aliphatic carbocycles. The van der Waals surface area contributed by atoms with Crippen LogP contribution in [0.3, 0.4) is 0 Å². The Hall–Kier alpha value is -2.59. The number of aromatic nitrogens is 1. The molecule has 3 aromatic rings. The first-order valence-corrected chi connectivity index (χ1v) is 12.4. The topological polar surface area (TPSA) is 33.2 Å². The molecule has 1 aromatic heterocycles. The van der Waals surface area contributed by atoms with Gasteiger partial charge in [0.05, 0.1) is 11.1 Å². The van der Waals surface area contributed by atoms with E-state index in [9.17, 15) is 4.79 Å². The van der Waals surface area contributed by atoms with Crippen molar-refractivity contribution in [3.63, 3.8) is 0 Å². The molecule has 31 heavy (non-hydrogen) atoms. The summed E-state index contributed by atoms with van der Waals surface area (Å²) < 4.78 is 0. The third kappa shape index (κ3) is 4.54. The first kappa shape index (κ1) is 21.6. The highest BCUT2D eigenvalue weighted by atomic mass is 32.2. The zero-order chi connectivity index (χ0) is 21.5. The largest absolute Gasteiger partial charge is 0.280 e. The Labute approximate surface area is 189 Å². The molecule has 0 N–H and O–H groups in total. The highest BCUT2D eigenvalue weighted by Gasteiger charge is 2.50. The molecule has 1 amide bonds. The van der Waals surface area contributed by atoms with E-state index >= 15 is 0 Å². The van der Waals surface area contributed by atoms with Crippen LogP contribution in [-0.4, -0.2) is 22.4 Å². The zero-order valence-electron chi connectivity index (χ0n) is 18.2. The predicted molar refractivity (Wildman–Crippen MR) is 131 cm³/mol. The monoisotopic (exact) mass is 430 g/mol. The average Bonchev–Trinajstić information content (AvgIpc) is 3.05. The normalized spacial score (nSPS) is 17.7. The van der Waals surface area contributed by atoms with Crippen molar-refractivity contribution in [3.05, 3.63) is 90.3 Å². The van der Waals surface area contributed by atoms with Gasteiger partial charge in [0.2, 0.25) is 5.91 Å². The number of hydrogen-bond acceptors (Lipinski definition) is 3. The Morgan fingerprint density at radius 3 is 2.42 bits per heavy atom. The lowest BCUT2D eigenvalue weighted by molar-refractivity contribution is -0.122. The molecular formula is C27H30N2OS. The Balaban J connectivity index is 1.69. The summed E-state index contributed by atoms with van der Waals surface area (Å²) in [5.74, 6) is 2.57. The number of nitrogens with zero attached hydrogens (tertiary/aromatic N) is 2. The first-order valence-electron chi connectivity index (χ1n) is 11.2. The number of hydrogen-bond donors (Lipinski definition) is 0. The average molecular weight is 431 g/mol. The predicted octanol–water partition coefficient (Wildman–Crippen LogP) is 6.55. The van der Waals surface area contributed by atoms with E-state index < -0.39 is 5.41 Å². The minimum atomic E-state index is -0.538. The summed E-state index contributed by atoms with van der Waals surface area (Å²) >= 11 is 2.02. The van der Waals surface area contributed by atoms with Crippen LogP contribution in [0, 0.1) is 0 Å². The van der Waals surface area contributed by atoms with E-state index in [-0.39, 0.29) is 5.91 Å². The molecule has 4 heteroatoms. The van der Waals surface area contributed by atoms with Crippen molar-refractivity contribution in [2.45, 2.75) is 44.4 Å². The number of fused-ring (bicyclic) bond motifs is 1. The van der Waals surface area contributed by atoms with Crippen molar-refractivity contribution in [1.29, 1.82) is 0 Å². The van der Waals surface area contributed by atoms with Crippen molar-refractivity contribution in [3.8, 4) is 0 Å². The molecule has 0 radical (unpaired) electrons. The molecule has 0 saturated heterocycles. The Bertz CT molecular complexity index is 992. The second kappa shape index (κ2) is 10.1. The number of carbonyl (C=O) groups is 1. The molecule has 0 bridgehead atoms. The number of unbranched alkanes of at least 4 members (excludes halogenated alkanes) is 1. The quantitative estimate of drug-likeness (QED) is 0.342. The van der Waals surface area contributed by atoms with Gasteiger partial charge in [0.25, 0.3) is 0 Å². The molecule has 2 aromatic carbocycles. The van der Waals surface area contributed by atoms with Crippen LogP contribution in [0.4, 0.5) is 11.4 Å². The molecule has 0 fully saturated rings. The standard InChI is InChI=1S/C27H30N2OS/c1-2-19-31-20-9-8-16-27(21-22-14-17-28-18-15-22)24-12-6-7-13-25(24)29(26(27)30)23-10-4-3-5-11-23/h3-7,10-15,17-18H,2,8-9,16,19-21H2,1H3. The van der Waals surface area contributed by atoms with Crippen LogP contribution in [0.2, 0.25) is 0 Å². The number of thioether (sulfide) groups is 1. The van der Waals surface area contributed by atoms with Crippen LogP contribution in [0.5, 0.6) is 0 Å². The summed E-state index contributed by atoms with van der Waals surface area (Å²) in [6.07, 6.45) is 8.62. The second-order valence-corrected chi connectivity index (χ2v) is 9.40. The van der Waals surface area contributed by atoms with Crippen LogP contribution in [0.15, 0.2) is 79.1 Å². The number of carbonyl (C=O) groups excluding carboxylic acids is 1. The maximum absolute atomic E-state index is 14.2. The number of pyridine rings is 1. The number of rotatable bonds is 10. The highest BCUT2D eigenvalue weighted by Crippen LogP contribution is 2.49. The smallest absolute Gasteiger partial charge is 0.242 e. The van der Waals surface area contributed by atoms with Crippen LogP contribution in [0.25, 0.3) is 0 Å². The molecule has 4 rings (SSSR count). The van der Waals surface area contributed by atoms with Gasteiger partial charge in [0, 0.05) is 18.1 Å². The molecule has 1 aliphatic heterocycles. The van der Waals surface area contributed by atoms with Gasteiger partial charge in [-0.1, -0.05) is 49.7 Å². The summed E-state index contributed by atoms with van der Waals surface area (Å²) in [6.45, 7) is 2.23. The van der Waals surface area contributed by atoms with Gasteiger partial charge in [0.1, 0.15) is 0 Å². The summed E-state index contributed by atoms with van der Waals surface area (Å²) in [6, 6.07) is 22.5. The number of anilines is 2. The Morgan fingerprint density at radius 1 is 0.903 bits per heavy atom. The van der Waals surface area contributed by atoms with Crippen molar-refractivity contribution >= 4 is 29.0 Å². The first-order chi connectivity index (χ1) is 15.3. The van der Waals surface area contributed by atoms with Crippen molar-refractivity contribution in [1.82, 2.24) is 4.98 Å². The van der Waals surface area contributed by atoms with Crippen LogP contribution in [-0.2, 0) is 16.6 Å². The van der Waals surface area contributed by atoms with E-state index in [1.54, 1.807) is 0 Å². The fourth-order valence-electron chi connectivity index (χ4n) is 4.57. The van der Waals surface area contributed by atoms with Crippen molar-refractivity contribution in [2.24, 2.45) is 0 Å². The van der Waals surface area contributed by atoms with Gasteiger partial charge in [-0.05, 0) is 78.6 Å². The van der Waals surface area contributed by atoms with Crippen molar-refractivity contribution < 1.29 is 4.79 Å². The lowest BCUT2D eigenvalue weighted by Crippen LogP contribution is -2.40. The maximum atomic E-state index is 14.2. The van der Waals surface area contributed by atoms with Gasteiger partial charge in [-0.2, -0.15) is 11.8 Å². The Morgan fingerprint density at radius 2 is 1.65 bits per heavy atom. The molecular weight excluding hydrogens is 400 g/mol. The number of benzene rings is 2. The molecule has 160 valence electrons. The van der Waals surface area contributed by atoms with Crippen LogP contribution in [0.1, 0.15) is 43.7 Å². The van der Waals surface area contributed by atoms with E-state index in [1.807, 2.05) is 77.6 Å². The second-order valence-electron chi connectivity index (χ2n) is 8.18. The Kier molecular flexibility index (Phi) is 7.08. The molecule has 1 atom stereocenters. The van der Waals surface area contributed by atoms with Crippen molar-refractivity contribution in [2.75, 3.05) is 16.4 Å². The maximum Gasteiger partial charge on any atom is 0.242 e. The van der Waals surface area contributed by atoms with E-state index in [1.165, 1.54) is 12.2 Å². The fraction of sp³-hybridized carbons (Fsp3) is 0.333. The minimum absolute atomic E-state index is 0.193. The summed E-state index contributed by atoms with van der Waals surface area (Å²) in [4.78, 5) is 20.3. The lowest BCUT2D eigenvalue weighted by Gasteiger charge is -2.29. The van der Waals surface area contributed by atoms with Crippen LogP contribution < -0.4 is 4.90 Å². The third-order valence-corrected chi connectivity index (χ3v) is 7.31. The SMILES string of the molecule is CCCSCCCCC1(Cc2ccncc2)C(=O)N(c2ccccc2)c2ccccc21. The van der Waals surface area contributed by atoms with Gasteiger partial charge >= 0.3 is 0 Å². The summed E-state index contributed by atoms with van der Waals surface area (Å²) in [7, 11) is 0. The van der Waals surface area contributed by atoms with Gasteiger partial charge in [-0.3, -0.25) is 14.7 Å². The molecule has 0 saturated carbocycles. The fourth-order valence-corrected chi connectivity index (χ4v) is 5.47. The number of para-hydroxylation sites is 2. The lowest BCUT2D eigenvalue weighted by atomic mass is 9.73. The summed E-state index contributed by atoms with van der Waals surface area (Å²) in [5, 5.41) is 0. The van der Waals surface area contributed by atoms with Gasteiger partial charge < -0.3 is 0 Å². The van der Waals surface area contributed by atoms with Gasteiger partial charge in [-0.25, -0.2) is 0 Å². The van der Waals surface area contributed by atoms with Gasteiger partial charge in [0.15, 0.2) is 0 Å². The molecule has 0 spiro atoms. The minimum Gasteiger partial charge on any atom is -0.280 e. The van der Waals surface area contributed by atoms with E-state index in [0.29, 0.717) is 6.42 Å². The van der Waals surface area contributed by atoms with E-state index in [0.717, 1.165) is 47.5 Å². The molecule has 1 aliphatic rings. The molecule has 3 nitrogen and oxygen atoms in total. The number of amides is 1. The molecule has 2 heterocycles.